The van der Waals surface area contributed by atoms with E-state index in [4.69, 9.17) is 15.2 Å². The van der Waals surface area contributed by atoms with Gasteiger partial charge in [-0.05, 0) is 26.2 Å². The Morgan fingerprint density at radius 1 is 1.30 bits per heavy atom. The Kier molecular flexibility index (Phi) is 8.11. The van der Waals surface area contributed by atoms with Gasteiger partial charge in [0.2, 0.25) is 5.91 Å². The SMILES string of the molecule is COCCCNC(=O)C(C)OC1(CN)CCCCCC1. The Morgan fingerprint density at radius 2 is 1.95 bits per heavy atom. The standard InChI is InChI=1S/C15H30N2O3/c1-13(14(18)17-10-7-11-19-2)20-15(12-16)8-5-3-4-6-9-15/h13H,3-12,16H2,1-2H3,(H,17,18). The van der Waals surface area contributed by atoms with E-state index in [0.29, 0.717) is 19.7 Å². The number of carbonyl (C=O) groups excluding carboxylic acids is 1. The zero-order chi connectivity index (χ0) is 14.8. The zero-order valence-electron chi connectivity index (χ0n) is 13.0. The number of amides is 1. The monoisotopic (exact) mass is 286 g/mol. The third kappa shape index (κ3) is 5.77. The molecule has 0 saturated heterocycles. The van der Waals surface area contributed by atoms with Gasteiger partial charge in [-0.15, -0.1) is 0 Å². The fraction of sp³-hybridized carbons (Fsp3) is 0.933. The van der Waals surface area contributed by atoms with Crippen LogP contribution in [-0.4, -0.2) is 44.4 Å². The summed E-state index contributed by atoms with van der Waals surface area (Å²) in [6, 6.07) is 0. The van der Waals surface area contributed by atoms with E-state index >= 15 is 0 Å². The van der Waals surface area contributed by atoms with Crippen LogP contribution in [0.5, 0.6) is 0 Å². The maximum atomic E-state index is 12.0. The molecule has 0 heterocycles. The summed E-state index contributed by atoms with van der Waals surface area (Å²) in [6.45, 7) is 3.58. The minimum Gasteiger partial charge on any atom is -0.385 e. The van der Waals surface area contributed by atoms with E-state index in [1.807, 2.05) is 6.92 Å². The minimum atomic E-state index is -0.445. The first-order chi connectivity index (χ1) is 9.63. The summed E-state index contributed by atoms with van der Waals surface area (Å²) in [5.74, 6) is -0.0572. The van der Waals surface area contributed by atoms with Crippen LogP contribution in [0.25, 0.3) is 0 Å². The number of rotatable bonds is 8. The summed E-state index contributed by atoms with van der Waals surface area (Å²) in [6.07, 6.45) is 7.05. The van der Waals surface area contributed by atoms with Crippen molar-refractivity contribution in [3.8, 4) is 0 Å². The number of carbonyl (C=O) groups is 1. The second-order valence-electron chi connectivity index (χ2n) is 5.70. The van der Waals surface area contributed by atoms with E-state index in [0.717, 1.165) is 32.1 Å². The maximum absolute atomic E-state index is 12.0. The van der Waals surface area contributed by atoms with E-state index in [-0.39, 0.29) is 11.5 Å². The molecule has 1 fully saturated rings. The van der Waals surface area contributed by atoms with E-state index in [1.165, 1.54) is 12.8 Å². The maximum Gasteiger partial charge on any atom is 0.248 e. The van der Waals surface area contributed by atoms with Gasteiger partial charge in [0.15, 0.2) is 0 Å². The van der Waals surface area contributed by atoms with Crippen molar-refractivity contribution in [3.63, 3.8) is 0 Å². The lowest BCUT2D eigenvalue weighted by Gasteiger charge is -2.34. The number of ether oxygens (including phenoxy) is 2. The zero-order valence-corrected chi connectivity index (χ0v) is 13.0. The van der Waals surface area contributed by atoms with Crippen molar-refractivity contribution in [1.29, 1.82) is 0 Å². The molecule has 1 amide bonds. The first-order valence-corrected chi connectivity index (χ1v) is 7.78. The van der Waals surface area contributed by atoms with E-state index in [2.05, 4.69) is 5.32 Å². The molecule has 118 valence electrons. The van der Waals surface area contributed by atoms with E-state index in [9.17, 15) is 4.79 Å². The molecule has 0 aromatic rings. The molecule has 1 rings (SSSR count). The predicted octanol–water partition coefficient (Wildman–Crippen LogP) is 1.60. The molecular weight excluding hydrogens is 256 g/mol. The van der Waals surface area contributed by atoms with Crippen LogP contribution in [0.2, 0.25) is 0 Å². The molecule has 0 aromatic carbocycles. The molecular formula is C15H30N2O3. The summed E-state index contributed by atoms with van der Waals surface area (Å²) in [4.78, 5) is 12.0. The summed E-state index contributed by atoms with van der Waals surface area (Å²) < 4.78 is 11.0. The third-order valence-electron chi connectivity index (χ3n) is 4.01. The molecule has 0 aliphatic heterocycles. The van der Waals surface area contributed by atoms with Gasteiger partial charge in [-0.25, -0.2) is 0 Å². The van der Waals surface area contributed by atoms with Gasteiger partial charge in [-0.3, -0.25) is 4.79 Å². The van der Waals surface area contributed by atoms with E-state index in [1.54, 1.807) is 7.11 Å². The third-order valence-corrected chi connectivity index (χ3v) is 4.01. The molecule has 1 unspecified atom stereocenters. The number of nitrogens with two attached hydrogens (primary N) is 1. The van der Waals surface area contributed by atoms with Crippen molar-refractivity contribution in [2.45, 2.75) is 63.6 Å². The van der Waals surface area contributed by atoms with Gasteiger partial charge in [-0.1, -0.05) is 25.7 Å². The number of methoxy groups -OCH3 is 1. The van der Waals surface area contributed by atoms with Crippen LogP contribution >= 0.6 is 0 Å². The molecule has 1 atom stereocenters. The summed E-state index contributed by atoms with van der Waals surface area (Å²) >= 11 is 0. The van der Waals surface area contributed by atoms with Crippen molar-refractivity contribution < 1.29 is 14.3 Å². The van der Waals surface area contributed by atoms with Crippen molar-refractivity contribution in [3.05, 3.63) is 0 Å². The summed E-state index contributed by atoms with van der Waals surface area (Å²) in [7, 11) is 1.66. The van der Waals surface area contributed by atoms with Gasteiger partial charge in [0, 0.05) is 26.8 Å². The molecule has 1 aliphatic carbocycles. The van der Waals surface area contributed by atoms with Crippen LogP contribution in [0.15, 0.2) is 0 Å². The fourth-order valence-electron chi connectivity index (χ4n) is 2.74. The molecule has 0 radical (unpaired) electrons. The molecule has 5 heteroatoms. The van der Waals surface area contributed by atoms with Crippen LogP contribution in [0.1, 0.15) is 51.9 Å². The largest absolute Gasteiger partial charge is 0.385 e. The lowest BCUT2D eigenvalue weighted by atomic mass is 9.94. The lowest BCUT2D eigenvalue weighted by Crippen LogP contribution is -2.47. The molecule has 1 aliphatic rings. The molecule has 3 N–H and O–H groups in total. The van der Waals surface area contributed by atoms with Crippen LogP contribution in [0.3, 0.4) is 0 Å². The highest BCUT2D eigenvalue weighted by Crippen LogP contribution is 2.30. The van der Waals surface area contributed by atoms with Gasteiger partial charge in [-0.2, -0.15) is 0 Å². The molecule has 5 nitrogen and oxygen atoms in total. The summed E-state index contributed by atoms with van der Waals surface area (Å²) in [5, 5.41) is 2.88. The average molecular weight is 286 g/mol. The predicted molar refractivity (Wildman–Crippen MR) is 79.5 cm³/mol. The first kappa shape index (κ1) is 17.4. The van der Waals surface area contributed by atoms with Gasteiger partial charge >= 0.3 is 0 Å². The Balaban J connectivity index is 2.40. The molecule has 0 aromatic heterocycles. The Bertz CT molecular complexity index is 276. The second kappa shape index (κ2) is 9.32. The van der Waals surface area contributed by atoms with Crippen LogP contribution in [0.4, 0.5) is 0 Å². The quantitative estimate of drug-likeness (QED) is 0.525. The normalized spacial score (nSPS) is 20.1. The van der Waals surface area contributed by atoms with E-state index < -0.39 is 6.10 Å². The van der Waals surface area contributed by atoms with Crippen molar-refractivity contribution in [2.75, 3.05) is 26.8 Å². The Labute approximate surface area is 122 Å². The van der Waals surface area contributed by atoms with Crippen LogP contribution in [0, 0.1) is 0 Å². The van der Waals surface area contributed by atoms with Crippen molar-refractivity contribution >= 4 is 5.91 Å². The highest BCUT2D eigenvalue weighted by molar-refractivity contribution is 5.80. The second-order valence-corrected chi connectivity index (χ2v) is 5.70. The Hall–Kier alpha value is -0.650. The number of nitrogens with one attached hydrogen (secondary N) is 1. The number of hydrogen-bond donors (Lipinski definition) is 2. The van der Waals surface area contributed by atoms with Crippen molar-refractivity contribution in [1.82, 2.24) is 5.32 Å². The fourth-order valence-corrected chi connectivity index (χ4v) is 2.74. The highest BCUT2D eigenvalue weighted by atomic mass is 16.5. The molecule has 0 bridgehead atoms. The smallest absolute Gasteiger partial charge is 0.248 e. The average Bonchev–Trinajstić information content (AvgIpc) is 2.69. The van der Waals surface area contributed by atoms with Crippen molar-refractivity contribution in [2.24, 2.45) is 5.73 Å². The topological polar surface area (TPSA) is 73.6 Å². The molecule has 0 spiro atoms. The van der Waals surface area contributed by atoms with Gasteiger partial charge in [0.25, 0.3) is 0 Å². The van der Waals surface area contributed by atoms with Crippen LogP contribution < -0.4 is 11.1 Å². The highest BCUT2D eigenvalue weighted by Gasteiger charge is 2.33. The Morgan fingerprint density at radius 3 is 2.50 bits per heavy atom. The van der Waals surface area contributed by atoms with Gasteiger partial charge in [0.05, 0.1) is 5.60 Å². The lowest BCUT2D eigenvalue weighted by molar-refractivity contribution is -0.146. The van der Waals surface area contributed by atoms with Gasteiger partial charge in [0.1, 0.15) is 6.10 Å². The molecule has 1 saturated carbocycles. The molecule has 20 heavy (non-hydrogen) atoms. The van der Waals surface area contributed by atoms with Crippen LogP contribution in [-0.2, 0) is 14.3 Å². The summed E-state index contributed by atoms with van der Waals surface area (Å²) in [5.41, 5.74) is 5.62. The minimum absolute atomic E-state index is 0.0572. The van der Waals surface area contributed by atoms with Gasteiger partial charge < -0.3 is 20.5 Å². The first-order valence-electron chi connectivity index (χ1n) is 7.78. The number of hydrogen-bond acceptors (Lipinski definition) is 4.